The standard InChI is InChI=1S/C11H18N2O/c1-3-4-5-10(12)9-6-8(2)11(14)13-7-9/h6-7,10H,3-5,12H2,1-2H3,(H,13,14)/t10-/m1/s1. The number of hydrogen-bond donors (Lipinski definition) is 2. The Labute approximate surface area is 84.3 Å². The van der Waals surface area contributed by atoms with Gasteiger partial charge in [-0.25, -0.2) is 0 Å². The highest BCUT2D eigenvalue weighted by molar-refractivity contribution is 5.19. The Kier molecular flexibility index (Phi) is 3.89. The average Bonchev–Trinajstić information content (AvgIpc) is 2.18. The number of nitrogens with one attached hydrogen (secondary N) is 1. The number of unbranched alkanes of at least 4 members (excludes halogenated alkanes) is 1. The monoisotopic (exact) mass is 194 g/mol. The minimum Gasteiger partial charge on any atom is -0.329 e. The Morgan fingerprint density at radius 2 is 2.29 bits per heavy atom. The van der Waals surface area contributed by atoms with Crippen LogP contribution in [0.3, 0.4) is 0 Å². The molecule has 1 atom stereocenters. The second kappa shape index (κ2) is 4.96. The van der Waals surface area contributed by atoms with E-state index < -0.39 is 0 Å². The number of nitrogens with two attached hydrogens (primary N) is 1. The zero-order valence-electron chi connectivity index (χ0n) is 8.84. The first kappa shape index (κ1) is 11.0. The second-order valence-electron chi connectivity index (χ2n) is 3.69. The lowest BCUT2D eigenvalue weighted by molar-refractivity contribution is 0.601. The van der Waals surface area contributed by atoms with E-state index in [0.29, 0.717) is 0 Å². The van der Waals surface area contributed by atoms with E-state index >= 15 is 0 Å². The molecule has 0 fully saturated rings. The molecule has 0 unspecified atom stereocenters. The van der Waals surface area contributed by atoms with Crippen LogP contribution in [0, 0.1) is 6.92 Å². The van der Waals surface area contributed by atoms with Crippen molar-refractivity contribution in [2.75, 3.05) is 0 Å². The van der Waals surface area contributed by atoms with Crippen molar-refractivity contribution in [1.29, 1.82) is 0 Å². The minimum absolute atomic E-state index is 0.0311. The van der Waals surface area contributed by atoms with Crippen LogP contribution in [0.5, 0.6) is 0 Å². The molecular formula is C11H18N2O. The van der Waals surface area contributed by atoms with E-state index in [1.807, 2.05) is 6.07 Å². The van der Waals surface area contributed by atoms with Crippen molar-refractivity contribution < 1.29 is 0 Å². The molecule has 0 amide bonds. The van der Waals surface area contributed by atoms with Gasteiger partial charge in [-0.15, -0.1) is 0 Å². The number of aryl methyl sites for hydroxylation is 1. The summed E-state index contributed by atoms with van der Waals surface area (Å²) in [5.41, 5.74) is 7.70. The van der Waals surface area contributed by atoms with Gasteiger partial charge in [0.2, 0.25) is 0 Å². The zero-order chi connectivity index (χ0) is 10.6. The lowest BCUT2D eigenvalue weighted by Crippen LogP contribution is -2.15. The summed E-state index contributed by atoms with van der Waals surface area (Å²) >= 11 is 0. The summed E-state index contributed by atoms with van der Waals surface area (Å²) in [5, 5.41) is 0. The van der Waals surface area contributed by atoms with Crippen LogP contribution < -0.4 is 11.3 Å². The van der Waals surface area contributed by atoms with Gasteiger partial charge in [0.1, 0.15) is 0 Å². The Morgan fingerprint density at radius 1 is 1.57 bits per heavy atom. The first-order valence-corrected chi connectivity index (χ1v) is 5.10. The normalized spacial score (nSPS) is 12.8. The van der Waals surface area contributed by atoms with Crippen LogP contribution in [-0.4, -0.2) is 4.98 Å². The summed E-state index contributed by atoms with van der Waals surface area (Å²) in [6, 6.07) is 1.92. The molecule has 3 N–H and O–H groups in total. The minimum atomic E-state index is -0.0311. The maximum Gasteiger partial charge on any atom is 0.250 e. The molecule has 1 aromatic rings. The van der Waals surface area contributed by atoms with Gasteiger partial charge < -0.3 is 10.7 Å². The smallest absolute Gasteiger partial charge is 0.250 e. The van der Waals surface area contributed by atoms with Gasteiger partial charge in [0.25, 0.3) is 5.56 Å². The molecule has 0 aliphatic carbocycles. The number of aromatic nitrogens is 1. The molecule has 14 heavy (non-hydrogen) atoms. The third-order valence-electron chi connectivity index (χ3n) is 2.41. The average molecular weight is 194 g/mol. The molecule has 0 bridgehead atoms. The zero-order valence-corrected chi connectivity index (χ0v) is 8.84. The molecule has 0 aromatic carbocycles. The number of pyridine rings is 1. The molecule has 1 heterocycles. The van der Waals surface area contributed by atoms with Crippen molar-refractivity contribution in [2.45, 2.75) is 39.2 Å². The fourth-order valence-electron chi connectivity index (χ4n) is 1.42. The van der Waals surface area contributed by atoms with Gasteiger partial charge in [-0.05, 0) is 25.0 Å². The summed E-state index contributed by atoms with van der Waals surface area (Å²) in [4.78, 5) is 13.8. The summed E-state index contributed by atoms with van der Waals surface area (Å²) in [6.45, 7) is 3.94. The van der Waals surface area contributed by atoms with Crippen molar-refractivity contribution in [3.63, 3.8) is 0 Å². The summed E-state index contributed by atoms with van der Waals surface area (Å²) in [5.74, 6) is 0. The summed E-state index contributed by atoms with van der Waals surface area (Å²) < 4.78 is 0. The third-order valence-corrected chi connectivity index (χ3v) is 2.41. The molecule has 0 radical (unpaired) electrons. The highest BCUT2D eigenvalue weighted by atomic mass is 16.1. The van der Waals surface area contributed by atoms with Gasteiger partial charge in [0.05, 0.1) is 0 Å². The highest BCUT2D eigenvalue weighted by Gasteiger charge is 2.06. The van der Waals surface area contributed by atoms with Crippen LogP contribution in [0.2, 0.25) is 0 Å². The predicted octanol–water partition coefficient (Wildman–Crippen LogP) is 1.87. The second-order valence-corrected chi connectivity index (χ2v) is 3.69. The molecule has 0 aliphatic rings. The molecule has 3 heteroatoms. The molecule has 0 saturated carbocycles. The van der Waals surface area contributed by atoms with Gasteiger partial charge in [-0.2, -0.15) is 0 Å². The highest BCUT2D eigenvalue weighted by Crippen LogP contribution is 2.15. The fourth-order valence-corrected chi connectivity index (χ4v) is 1.42. The lowest BCUT2D eigenvalue weighted by Gasteiger charge is -2.11. The van der Waals surface area contributed by atoms with E-state index in [0.717, 1.165) is 30.4 Å². The number of aromatic amines is 1. The number of rotatable bonds is 4. The number of H-pyrrole nitrogens is 1. The molecule has 1 rings (SSSR count). The van der Waals surface area contributed by atoms with Crippen molar-refractivity contribution in [2.24, 2.45) is 5.73 Å². The van der Waals surface area contributed by atoms with Gasteiger partial charge >= 0.3 is 0 Å². The van der Waals surface area contributed by atoms with E-state index in [4.69, 9.17) is 5.73 Å². The summed E-state index contributed by atoms with van der Waals surface area (Å²) in [6.07, 6.45) is 4.97. The quantitative estimate of drug-likeness (QED) is 0.768. The van der Waals surface area contributed by atoms with E-state index in [-0.39, 0.29) is 11.6 Å². The van der Waals surface area contributed by atoms with E-state index in [1.54, 1.807) is 13.1 Å². The molecule has 0 spiro atoms. The van der Waals surface area contributed by atoms with Gasteiger partial charge in [0.15, 0.2) is 0 Å². The van der Waals surface area contributed by atoms with Crippen LogP contribution in [0.15, 0.2) is 17.1 Å². The Bertz CT molecular complexity index is 343. The van der Waals surface area contributed by atoms with Crippen molar-refractivity contribution in [3.05, 3.63) is 33.7 Å². The maximum absolute atomic E-state index is 11.1. The topological polar surface area (TPSA) is 58.9 Å². The van der Waals surface area contributed by atoms with Gasteiger partial charge in [-0.1, -0.05) is 19.8 Å². The van der Waals surface area contributed by atoms with Crippen molar-refractivity contribution >= 4 is 0 Å². The van der Waals surface area contributed by atoms with Crippen LogP contribution in [-0.2, 0) is 0 Å². The van der Waals surface area contributed by atoms with Crippen molar-refractivity contribution in [3.8, 4) is 0 Å². The van der Waals surface area contributed by atoms with Crippen LogP contribution >= 0.6 is 0 Å². The molecule has 0 saturated heterocycles. The predicted molar refractivity (Wildman–Crippen MR) is 58.3 cm³/mol. The van der Waals surface area contributed by atoms with E-state index in [2.05, 4.69) is 11.9 Å². The SMILES string of the molecule is CCCC[C@@H](N)c1c[nH]c(=O)c(C)c1. The van der Waals surface area contributed by atoms with Crippen LogP contribution in [0.4, 0.5) is 0 Å². The first-order valence-electron chi connectivity index (χ1n) is 5.10. The number of hydrogen-bond acceptors (Lipinski definition) is 2. The van der Waals surface area contributed by atoms with E-state index in [9.17, 15) is 4.79 Å². The largest absolute Gasteiger partial charge is 0.329 e. The molecule has 78 valence electrons. The lowest BCUT2D eigenvalue weighted by atomic mass is 10.0. The van der Waals surface area contributed by atoms with Crippen LogP contribution in [0.1, 0.15) is 43.4 Å². The summed E-state index contributed by atoms with van der Waals surface area (Å²) in [7, 11) is 0. The Balaban J connectivity index is 2.75. The Morgan fingerprint density at radius 3 is 2.86 bits per heavy atom. The van der Waals surface area contributed by atoms with Gasteiger partial charge in [0, 0.05) is 17.8 Å². The molecule has 1 aromatic heterocycles. The third kappa shape index (κ3) is 2.70. The first-order chi connectivity index (χ1) is 6.65. The maximum atomic E-state index is 11.1. The molecule has 3 nitrogen and oxygen atoms in total. The molecule has 0 aliphatic heterocycles. The van der Waals surface area contributed by atoms with Gasteiger partial charge in [-0.3, -0.25) is 4.79 Å². The van der Waals surface area contributed by atoms with Crippen LogP contribution in [0.25, 0.3) is 0 Å². The fraction of sp³-hybridized carbons (Fsp3) is 0.545. The Hall–Kier alpha value is -1.09. The van der Waals surface area contributed by atoms with Crippen molar-refractivity contribution in [1.82, 2.24) is 4.98 Å². The molecular weight excluding hydrogens is 176 g/mol. The van der Waals surface area contributed by atoms with E-state index in [1.165, 1.54) is 0 Å².